The van der Waals surface area contributed by atoms with E-state index in [-0.39, 0.29) is 24.5 Å². The summed E-state index contributed by atoms with van der Waals surface area (Å²) in [6.45, 7) is 4.89. The average Bonchev–Trinajstić information content (AvgIpc) is 2.88. The van der Waals surface area contributed by atoms with Crippen molar-refractivity contribution in [2.75, 3.05) is 70.0 Å². The Morgan fingerprint density at radius 2 is 1.27 bits per heavy atom. The van der Waals surface area contributed by atoms with Gasteiger partial charge < -0.3 is 30.7 Å². The van der Waals surface area contributed by atoms with E-state index < -0.39 is 35.5 Å². The molecule has 40 heavy (non-hydrogen) atoms. The van der Waals surface area contributed by atoms with Crippen molar-refractivity contribution < 1.29 is 35.9 Å². The van der Waals surface area contributed by atoms with Crippen LogP contribution in [-0.4, -0.2) is 86.2 Å². The molecule has 3 N–H and O–H groups in total. The number of hydrogen-bond acceptors (Lipinski definition) is 4. The van der Waals surface area contributed by atoms with Gasteiger partial charge in [0.05, 0.1) is 11.1 Å². The van der Waals surface area contributed by atoms with Crippen molar-refractivity contribution in [3.63, 3.8) is 0 Å². The molecular weight excluding hydrogens is 542 g/mol. The van der Waals surface area contributed by atoms with Crippen LogP contribution in [0.2, 0.25) is 0 Å². The molecular formula is C26H32F6N6O2. The number of carbonyl (C=O) groups is 2. The standard InChI is InChI=1S/C26H32F6N6O2/c1-36-15-17-37(18-16-36)12-2-13-38(24(40)35-22-9-5-20(6-10-22)26(30,31)32)14-11-33-23(39)34-21-7-3-19(4-8-21)25(27,28)29/h3-10H,2,11-18H2,1H3,(H,35,40)(H2,33,34,39). The first-order chi connectivity index (χ1) is 18.8. The second-order valence-corrected chi connectivity index (χ2v) is 9.45. The Balaban J connectivity index is 1.54. The van der Waals surface area contributed by atoms with Crippen LogP contribution in [-0.2, 0) is 12.4 Å². The Morgan fingerprint density at radius 1 is 0.775 bits per heavy atom. The smallest absolute Gasteiger partial charge is 0.336 e. The molecule has 2 aromatic carbocycles. The number of urea groups is 2. The van der Waals surface area contributed by atoms with E-state index in [0.29, 0.717) is 13.0 Å². The summed E-state index contributed by atoms with van der Waals surface area (Å²) < 4.78 is 76.7. The van der Waals surface area contributed by atoms with Crippen LogP contribution >= 0.6 is 0 Å². The van der Waals surface area contributed by atoms with Gasteiger partial charge in [-0.15, -0.1) is 0 Å². The van der Waals surface area contributed by atoms with E-state index >= 15 is 0 Å². The zero-order valence-electron chi connectivity index (χ0n) is 21.9. The molecule has 8 nitrogen and oxygen atoms in total. The van der Waals surface area contributed by atoms with Gasteiger partial charge in [-0.1, -0.05) is 0 Å². The first-order valence-electron chi connectivity index (χ1n) is 12.7. The van der Waals surface area contributed by atoms with Crippen LogP contribution in [0.25, 0.3) is 0 Å². The third kappa shape index (κ3) is 9.90. The third-order valence-corrected chi connectivity index (χ3v) is 6.39. The largest absolute Gasteiger partial charge is 0.416 e. The summed E-state index contributed by atoms with van der Waals surface area (Å²) >= 11 is 0. The van der Waals surface area contributed by atoms with Crippen molar-refractivity contribution in [1.82, 2.24) is 20.0 Å². The van der Waals surface area contributed by atoms with Crippen LogP contribution in [0.1, 0.15) is 17.5 Å². The Bertz CT molecular complexity index is 1100. The molecule has 0 radical (unpaired) electrons. The molecule has 0 saturated carbocycles. The summed E-state index contributed by atoms with van der Waals surface area (Å²) in [4.78, 5) is 31.1. The third-order valence-electron chi connectivity index (χ3n) is 6.39. The van der Waals surface area contributed by atoms with Crippen molar-refractivity contribution in [1.29, 1.82) is 0 Å². The quantitative estimate of drug-likeness (QED) is 0.368. The summed E-state index contributed by atoms with van der Waals surface area (Å²) in [5.41, 5.74) is -1.33. The van der Waals surface area contributed by atoms with E-state index in [1.165, 1.54) is 17.0 Å². The van der Waals surface area contributed by atoms with Crippen molar-refractivity contribution in [3.8, 4) is 0 Å². The molecule has 0 spiro atoms. The van der Waals surface area contributed by atoms with Gasteiger partial charge in [-0.05, 0) is 68.5 Å². The Morgan fingerprint density at radius 3 is 1.77 bits per heavy atom. The summed E-state index contributed by atoms with van der Waals surface area (Å²) in [7, 11) is 2.05. The van der Waals surface area contributed by atoms with E-state index in [2.05, 4.69) is 25.8 Å². The fourth-order valence-corrected chi connectivity index (χ4v) is 4.04. The maximum absolute atomic E-state index is 13.0. The highest BCUT2D eigenvalue weighted by Crippen LogP contribution is 2.30. The summed E-state index contributed by atoms with van der Waals surface area (Å²) in [6.07, 6.45) is -8.35. The van der Waals surface area contributed by atoms with Gasteiger partial charge in [0.25, 0.3) is 0 Å². The zero-order valence-corrected chi connectivity index (χ0v) is 21.9. The monoisotopic (exact) mass is 574 g/mol. The molecule has 1 aliphatic heterocycles. The highest BCUT2D eigenvalue weighted by Gasteiger charge is 2.31. The summed E-state index contributed by atoms with van der Waals surface area (Å²) in [5.74, 6) is 0. The molecule has 14 heteroatoms. The molecule has 0 aromatic heterocycles. The van der Waals surface area contributed by atoms with Crippen molar-refractivity contribution >= 4 is 23.4 Å². The predicted octanol–water partition coefficient (Wildman–Crippen LogP) is 5.02. The average molecular weight is 575 g/mol. The fourth-order valence-electron chi connectivity index (χ4n) is 4.04. The number of halogens is 6. The normalized spacial score (nSPS) is 15.0. The molecule has 2 aromatic rings. The predicted molar refractivity (Wildman–Crippen MR) is 139 cm³/mol. The number of nitrogens with zero attached hydrogens (tertiary/aromatic N) is 3. The lowest BCUT2D eigenvalue weighted by atomic mass is 10.2. The second-order valence-electron chi connectivity index (χ2n) is 9.45. The molecule has 1 fully saturated rings. The number of piperazine rings is 1. The van der Waals surface area contributed by atoms with Gasteiger partial charge in [-0.2, -0.15) is 26.3 Å². The number of rotatable bonds is 9. The van der Waals surface area contributed by atoms with Gasteiger partial charge in [-0.3, -0.25) is 0 Å². The first-order valence-corrected chi connectivity index (χ1v) is 12.7. The lowest BCUT2D eigenvalue weighted by molar-refractivity contribution is -0.138. The zero-order chi connectivity index (χ0) is 29.3. The number of likely N-dealkylation sites (N-methyl/N-ethyl adjacent to an activating group) is 1. The number of carbonyl (C=O) groups excluding carboxylic acids is 2. The molecule has 220 valence electrons. The van der Waals surface area contributed by atoms with E-state index in [1.807, 2.05) is 7.05 Å². The van der Waals surface area contributed by atoms with E-state index in [4.69, 9.17) is 0 Å². The van der Waals surface area contributed by atoms with Crippen LogP contribution in [0.15, 0.2) is 48.5 Å². The molecule has 3 rings (SSSR count). The molecule has 1 aliphatic rings. The molecule has 0 atom stereocenters. The number of hydrogen-bond donors (Lipinski definition) is 3. The number of benzene rings is 2. The van der Waals surface area contributed by atoms with E-state index in [9.17, 15) is 35.9 Å². The molecule has 0 unspecified atom stereocenters. The highest BCUT2D eigenvalue weighted by atomic mass is 19.4. The van der Waals surface area contributed by atoms with Gasteiger partial charge in [-0.25, -0.2) is 9.59 Å². The molecule has 0 aliphatic carbocycles. The number of anilines is 2. The van der Waals surface area contributed by atoms with E-state index in [0.717, 1.165) is 69.1 Å². The van der Waals surface area contributed by atoms with Crippen LogP contribution in [0.3, 0.4) is 0 Å². The SMILES string of the molecule is CN1CCN(CCCN(CCNC(=O)Nc2ccc(C(F)(F)F)cc2)C(=O)Nc2ccc(C(F)(F)F)cc2)CC1. The minimum atomic E-state index is -4.50. The molecule has 4 amide bonds. The van der Waals surface area contributed by atoms with E-state index in [1.54, 1.807) is 0 Å². The van der Waals surface area contributed by atoms with Gasteiger partial charge >= 0.3 is 24.4 Å². The Kier molecular flexibility index (Phi) is 10.6. The van der Waals surface area contributed by atoms with Crippen LogP contribution in [0, 0.1) is 0 Å². The van der Waals surface area contributed by atoms with Gasteiger partial charge in [0.2, 0.25) is 0 Å². The topological polar surface area (TPSA) is 80.0 Å². The minimum absolute atomic E-state index is 0.0292. The summed E-state index contributed by atoms with van der Waals surface area (Å²) in [5, 5.41) is 7.58. The maximum Gasteiger partial charge on any atom is 0.416 e. The van der Waals surface area contributed by atoms with Gasteiger partial charge in [0, 0.05) is 57.2 Å². The van der Waals surface area contributed by atoms with Crippen LogP contribution in [0.5, 0.6) is 0 Å². The van der Waals surface area contributed by atoms with Crippen LogP contribution < -0.4 is 16.0 Å². The molecule has 1 saturated heterocycles. The van der Waals surface area contributed by atoms with Crippen molar-refractivity contribution in [2.24, 2.45) is 0 Å². The number of nitrogens with one attached hydrogen (secondary N) is 3. The fraction of sp³-hybridized carbons (Fsp3) is 0.462. The number of amides is 4. The first kappa shape index (κ1) is 31.0. The van der Waals surface area contributed by atoms with Crippen LogP contribution in [0.4, 0.5) is 47.3 Å². The minimum Gasteiger partial charge on any atom is -0.336 e. The Labute approximate surface area is 228 Å². The molecule has 0 bridgehead atoms. The molecule has 1 heterocycles. The lowest BCUT2D eigenvalue weighted by Gasteiger charge is -2.33. The van der Waals surface area contributed by atoms with Gasteiger partial charge in [0.15, 0.2) is 0 Å². The van der Waals surface area contributed by atoms with Crippen molar-refractivity contribution in [3.05, 3.63) is 59.7 Å². The maximum atomic E-state index is 13.0. The summed E-state index contributed by atoms with van der Waals surface area (Å²) in [6, 6.07) is 6.84. The lowest BCUT2D eigenvalue weighted by Crippen LogP contribution is -2.46. The van der Waals surface area contributed by atoms with Crippen molar-refractivity contribution in [2.45, 2.75) is 18.8 Å². The number of alkyl halides is 6. The Hall–Kier alpha value is -3.52. The second kappa shape index (κ2) is 13.7. The van der Waals surface area contributed by atoms with Gasteiger partial charge in [0.1, 0.15) is 0 Å². The highest BCUT2D eigenvalue weighted by molar-refractivity contribution is 5.90.